The number of piperidine rings is 1. The van der Waals surface area contributed by atoms with E-state index >= 15 is 0 Å². The highest BCUT2D eigenvalue weighted by Crippen LogP contribution is 2.38. The molecular weight excluding hydrogens is 454 g/mol. The van der Waals surface area contributed by atoms with Crippen molar-refractivity contribution in [3.8, 4) is 0 Å². The van der Waals surface area contributed by atoms with Gasteiger partial charge in [-0.15, -0.1) is 0 Å². The van der Waals surface area contributed by atoms with Crippen LogP contribution in [0, 0.1) is 0 Å². The molecule has 1 unspecified atom stereocenters. The fraction of sp³-hybridized carbons (Fsp3) is 0.583. The van der Waals surface area contributed by atoms with Crippen LogP contribution in [0.4, 0.5) is 16.2 Å². The summed E-state index contributed by atoms with van der Waals surface area (Å²) in [6.45, 7) is 7.94. The number of imide groups is 1. The molecule has 0 saturated carbocycles. The quantitative estimate of drug-likeness (QED) is 0.535. The number of ether oxygens (including phenoxy) is 1. The summed E-state index contributed by atoms with van der Waals surface area (Å²) in [5.74, 6) is -1.74. The topological polar surface area (TPSA) is 132 Å². The minimum absolute atomic E-state index is 0.0281. The van der Waals surface area contributed by atoms with Crippen LogP contribution in [0.25, 0.3) is 0 Å². The summed E-state index contributed by atoms with van der Waals surface area (Å²) in [4.78, 5) is 54.1. The second-order valence-corrected chi connectivity index (χ2v) is 10.3. The Morgan fingerprint density at radius 3 is 2.57 bits per heavy atom. The van der Waals surface area contributed by atoms with Gasteiger partial charge in [-0.25, -0.2) is 9.59 Å². The van der Waals surface area contributed by atoms with Gasteiger partial charge in [0.15, 0.2) is 0 Å². The van der Waals surface area contributed by atoms with Gasteiger partial charge in [-0.2, -0.15) is 0 Å². The van der Waals surface area contributed by atoms with Crippen molar-refractivity contribution in [2.24, 2.45) is 0 Å². The number of benzene rings is 1. The number of fused-ring (bicyclic) bond motifs is 3. The number of amides is 3. The third-order valence-corrected chi connectivity index (χ3v) is 6.55. The van der Waals surface area contributed by atoms with Crippen LogP contribution in [-0.4, -0.2) is 84.8 Å². The summed E-state index contributed by atoms with van der Waals surface area (Å²) in [5.41, 5.74) is 1.87. The van der Waals surface area contributed by atoms with E-state index in [1.165, 1.54) is 0 Å². The van der Waals surface area contributed by atoms with Crippen molar-refractivity contribution < 1.29 is 29.0 Å². The van der Waals surface area contributed by atoms with Gasteiger partial charge in [0.1, 0.15) is 5.60 Å². The molecule has 0 bridgehead atoms. The van der Waals surface area contributed by atoms with Gasteiger partial charge < -0.3 is 29.9 Å². The van der Waals surface area contributed by atoms with Crippen molar-refractivity contribution >= 4 is 35.3 Å². The highest BCUT2D eigenvalue weighted by atomic mass is 16.6. The number of hydrogen-bond donors (Lipinski definition) is 3. The van der Waals surface area contributed by atoms with Crippen molar-refractivity contribution in [1.82, 2.24) is 15.5 Å². The number of aromatic carboxylic acids is 1. The summed E-state index contributed by atoms with van der Waals surface area (Å²) in [5, 5.41) is 15.3. The lowest BCUT2D eigenvalue weighted by Gasteiger charge is -2.49. The Morgan fingerprint density at radius 2 is 1.91 bits per heavy atom. The molecule has 4 rings (SSSR count). The Morgan fingerprint density at radius 1 is 1.17 bits per heavy atom. The molecular formula is C24H33N5O6. The summed E-state index contributed by atoms with van der Waals surface area (Å²) in [6, 6.07) is 3.01. The van der Waals surface area contributed by atoms with E-state index in [1.807, 2.05) is 38.8 Å². The zero-order chi connectivity index (χ0) is 25.5. The molecule has 190 valence electrons. The highest BCUT2D eigenvalue weighted by Gasteiger charge is 2.37. The fourth-order valence-corrected chi connectivity index (χ4v) is 4.86. The molecule has 3 aliphatic heterocycles. The monoisotopic (exact) mass is 487 g/mol. The zero-order valence-corrected chi connectivity index (χ0v) is 20.6. The van der Waals surface area contributed by atoms with Crippen LogP contribution in [0.15, 0.2) is 12.1 Å². The first-order chi connectivity index (χ1) is 16.4. The van der Waals surface area contributed by atoms with E-state index < -0.39 is 23.5 Å². The molecule has 0 aromatic heterocycles. The molecule has 3 amide bonds. The predicted octanol–water partition coefficient (Wildman–Crippen LogP) is 1.16. The smallest absolute Gasteiger partial charge is 0.410 e. The summed E-state index contributed by atoms with van der Waals surface area (Å²) < 4.78 is 5.55. The third-order valence-electron chi connectivity index (χ3n) is 6.55. The number of carbonyl (C=O) groups excluding carboxylic acids is 3. The number of carbonyl (C=O) groups is 4. The molecule has 3 heterocycles. The lowest BCUT2D eigenvalue weighted by atomic mass is 9.98. The summed E-state index contributed by atoms with van der Waals surface area (Å²) in [7, 11) is 1.91. The van der Waals surface area contributed by atoms with Crippen LogP contribution < -0.4 is 20.4 Å². The minimum Gasteiger partial charge on any atom is -0.478 e. The maximum absolute atomic E-state index is 12.6. The van der Waals surface area contributed by atoms with Crippen LogP contribution in [-0.2, 0) is 20.9 Å². The van der Waals surface area contributed by atoms with Gasteiger partial charge in [0, 0.05) is 46.2 Å². The van der Waals surface area contributed by atoms with Gasteiger partial charge in [-0.05, 0) is 44.9 Å². The average molecular weight is 488 g/mol. The maximum Gasteiger partial charge on any atom is 0.410 e. The standard InChI is InChI=1S/C24H33N5O6/c1-24(2,3)35-23(34)28-7-8-29-15(13-28)12-27(4)18-10-16(22(32)33)14(9-19(18)29)11-25-17-5-6-20(30)26-21(17)31/h9-10,15,17,25H,5-8,11-13H2,1-4H3,(H,32,33)(H,26,30,31)/t15-,17?/m1/s1. The number of nitrogens with zero attached hydrogens (tertiary/aromatic N) is 3. The van der Waals surface area contributed by atoms with Crippen molar-refractivity contribution in [2.75, 3.05) is 43.0 Å². The summed E-state index contributed by atoms with van der Waals surface area (Å²) >= 11 is 0. The minimum atomic E-state index is -1.04. The van der Waals surface area contributed by atoms with E-state index in [1.54, 1.807) is 11.0 Å². The molecule has 0 aliphatic carbocycles. The first-order valence-electron chi connectivity index (χ1n) is 11.9. The summed E-state index contributed by atoms with van der Waals surface area (Å²) in [6.07, 6.45) is 0.282. The Balaban J connectivity index is 1.55. The average Bonchev–Trinajstić information content (AvgIpc) is 2.76. The van der Waals surface area contributed by atoms with Gasteiger partial charge >= 0.3 is 12.1 Å². The van der Waals surface area contributed by atoms with E-state index in [0.717, 1.165) is 11.4 Å². The Kier molecular flexibility index (Phi) is 6.63. The molecule has 1 aromatic carbocycles. The van der Waals surface area contributed by atoms with Crippen molar-refractivity contribution in [1.29, 1.82) is 0 Å². The number of piperazine rings is 1. The number of rotatable bonds is 4. The Labute approximate surface area is 204 Å². The second kappa shape index (κ2) is 9.37. The second-order valence-electron chi connectivity index (χ2n) is 10.3. The lowest BCUT2D eigenvalue weighted by Crippen LogP contribution is -2.60. The molecule has 2 saturated heterocycles. The van der Waals surface area contributed by atoms with Crippen LogP contribution >= 0.6 is 0 Å². The number of carboxylic acid groups (broad SMARTS) is 1. The van der Waals surface area contributed by atoms with Crippen molar-refractivity contribution in [3.63, 3.8) is 0 Å². The number of anilines is 2. The largest absolute Gasteiger partial charge is 0.478 e. The number of likely N-dealkylation sites (N-methyl/N-ethyl adjacent to an activating group) is 1. The van der Waals surface area contributed by atoms with Gasteiger partial charge in [0.25, 0.3) is 0 Å². The van der Waals surface area contributed by atoms with E-state index in [-0.39, 0.29) is 36.6 Å². The molecule has 0 radical (unpaired) electrons. The molecule has 2 fully saturated rings. The van der Waals surface area contributed by atoms with Crippen LogP contribution in [0.2, 0.25) is 0 Å². The van der Waals surface area contributed by atoms with Gasteiger partial charge in [0.05, 0.1) is 29.0 Å². The zero-order valence-electron chi connectivity index (χ0n) is 20.6. The predicted molar refractivity (Wildman–Crippen MR) is 129 cm³/mol. The molecule has 11 heteroatoms. The molecule has 0 spiro atoms. The van der Waals surface area contributed by atoms with E-state index in [0.29, 0.717) is 38.2 Å². The number of nitrogens with one attached hydrogen (secondary N) is 2. The normalized spacial score (nSPS) is 22.3. The van der Waals surface area contributed by atoms with E-state index in [4.69, 9.17) is 4.74 Å². The van der Waals surface area contributed by atoms with Crippen LogP contribution in [0.3, 0.4) is 0 Å². The molecule has 3 aliphatic rings. The Bertz CT molecular complexity index is 1050. The molecule has 35 heavy (non-hydrogen) atoms. The van der Waals surface area contributed by atoms with E-state index in [2.05, 4.69) is 15.5 Å². The first-order valence-corrected chi connectivity index (χ1v) is 11.9. The molecule has 3 N–H and O–H groups in total. The van der Waals surface area contributed by atoms with Gasteiger partial charge in [0.2, 0.25) is 11.8 Å². The molecule has 2 atom stereocenters. The first kappa shape index (κ1) is 24.8. The highest BCUT2D eigenvalue weighted by molar-refractivity contribution is 6.00. The van der Waals surface area contributed by atoms with Crippen molar-refractivity contribution in [2.45, 2.75) is 57.8 Å². The van der Waals surface area contributed by atoms with Crippen LogP contribution in [0.1, 0.15) is 49.5 Å². The van der Waals surface area contributed by atoms with Gasteiger partial charge in [-0.3, -0.25) is 14.9 Å². The molecule has 11 nitrogen and oxygen atoms in total. The maximum atomic E-state index is 12.6. The fourth-order valence-electron chi connectivity index (χ4n) is 4.86. The number of carboxylic acids is 1. The lowest BCUT2D eigenvalue weighted by molar-refractivity contribution is -0.134. The van der Waals surface area contributed by atoms with E-state index in [9.17, 15) is 24.3 Å². The van der Waals surface area contributed by atoms with Gasteiger partial charge in [-0.1, -0.05) is 0 Å². The van der Waals surface area contributed by atoms with Crippen molar-refractivity contribution in [3.05, 3.63) is 23.3 Å². The van der Waals surface area contributed by atoms with Crippen LogP contribution in [0.5, 0.6) is 0 Å². The Hall–Kier alpha value is -3.34. The number of hydrogen-bond acceptors (Lipinski definition) is 8. The molecule has 1 aromatic rings. The SMILES string of the molecule is CN1C[C@@H]2CN(C(=O)OC(C)(C)C)CCN2c2cc(CNC3CCC(=O)NC3=O)c(C(=O)O)cc21. The third kappa shape index (κ3) is 5.34.